The van der Waals surface area contributed by atoms with Gasteiger partial charge in [0.2, 0.25) is 0 Å². The summed E-state index contributed by atoms with van der Waals surface area (Å²) in [5, 5.41) is 0. The van der Waals surface area contributed by atoms with Crippen molar-refractivity contribution in [2.75, 3.05) is 4.90 Å². The van der Waals surface area contributed by atoms with Gasteiger partial charge in [-0.3, -0.25) is 9.59 Å². The number of anilines is 1. The van der Waals surface area contributed by atoms with Crippen molar-refractivity contribution in [3.63, 3.8) is 0 Å². The molecule has 0 spiro atoms. The highest BCUT2D eigenvalue weighted by Gasteiger charge is 2.40. The molecule has 0 N–H and O–H groups in total. The first kappa shape index (κ1) is 20.0. The van der Waals surface area contributed by atoms with Gasteiger partial charge >= 0.3 is 0 Å². The van der Waals surface area contributed by atoms with Gasteiger partial charge in [0.25, 0.3) is 11.8 Å². The van der Waals surface area contributed by atoms with Gasteiger partial charge in [-0.25, -0.2) is 18.1 Å². The second-order valence-corrected chi connectivity index (χ2v) is 7.52. The summed E-state index contributed by atoms with van der Waals surface area (Å²) in [5.41, 5.74) is 1.35. The van der Waals surface area contributed by atoms with Crippen LogP contribution < -0.4 is 4.90 Å². The minimum atomic E-state index is -1.16. The molecule has 0 aliphatic carbocycles. The van der Waals surface area contributed by atoms with Crippen LogP contribution in [0.2, 0.25) is 0 Å². The molecular formula is C23H14F3NO2S. The molecule has 0 saturated carbocycles. The van der Waals surface area contributed by atoms with Crippen LogP contribution in [0.1, 0.15) is 11.1 Å². The zero-order valence-electron chi connectivity index (χ0n) is 15.4. The van der Waals surface area contributed by atoms with E-state index < -0.39 is 29.3 Å². The third-order valence-electron chi connectivity index (χ3n) is 4.56. The first-order valence-corrected chi connectivity index (χ1v) is 9.95. The van der Waals surface area contributed by atoms with E-state index in [0.717, 1.165) is 22.6 Å². The van der Waals surface area contributed by atoms with Crippen molar-refractivity contribution in [1.29, 1.82) is 0 Å². The van der Waals surface area contributed by atoms with Crippen molar-refractivity contribution < 1.29 is 22.8 Å². The van der Waals surface area contributed by atoms with E-state index in [9.17, 15) is 22.8 Å². The number of benzene rings is 3. The van der Waals surface area contributed by atoms with Crippen LogP contribution in [0.3, 0.4) is 0 Å². The number of carbonyl (C=O) groups is 2. The number of carbonyl (C=O) groups excluding carboxylic acids is 2. The lowest BCUT2D eigenvalue weighted by atomic mass is 10.1. The zero-order valence-corrected chi connectivity index (χ0v) is 16.3. The second kappa shape index (κ2) is 8.20. The zero-order chi connectivity index (χ0) is 21.3. The molecule has 0 aromatic heterocycles. The lowest BCUT2D eigenvalue weighted by molar-refractivity contribution is -0.119. The fourth-order valence-corrected chi connectivity index (χ4v) is 4.17. The van der Waals surface area contributed by atoms with E-state index in [2.05, 4.69) is 0 Å². The Hall–Kier alpha value is -3.32. The number of halogens is 3. The number of hydrogen-bond donors (Lipinski definition) is 0. The van der Waals surface area contributed by atoms with E-state index in [1.54, 1.807) is 0 Å². The van der Waals surface area contributed by atoms with E-state index in [4.69, 9.17) is 0 Å². The van der Waals surface area contributed by atoms with Crippen molar-refractivity contribution in [2.45, 2.75) is 5.75 Å². The van der Waals surface area contributed by atoms with E-state index in [1.807, 2.05) is 30.3 Å². The van der Waals surface area contributed by atoms with Gasteiger partial charge in [0.05, 0.1) is 16.2 Å². The molecule has 1 aliphatic heterocycles. The number of imide groups is 1. The van der Waals surface area contributed by atoms with Gasteiger partial charge in [-0.15, -0.1) is 11.8 Å². The summed E-state index contributed by atoms with van der Waals surface area (Å²) >= 11 is 1.17. The molecule has 1 aliphatic rings. The maximum absolute atomic E-state index is 13.7. The quantitative estimate of drug-likeness (QED) is 0.519. The Labute approximate surface area is 174 Å². The van der Waals surface area contributed by atoms with Crippen LogP contribution in [0.15, 0.2) is 77.7 Å². The van der Waals surface area contributed by atoms with Crippen molar-refractivity contribution in [1.82, 2.24) is 0 Å². The number of thioether (sulfide) groups is 1. The Morgan fingerprint density at radius 3 is 2.13 bits per heavy atom. The number of rotatable bonds is 5. The summed E-state index contributed by atoms with van der Waals surface area (Å²) in [5.74, 6) is -3.61. The second-order valence-electron chi connectivity index (χ2n) is 6.53. The molecule has 2 amide bonds. The summed E-state index contributed by atoms with van der Waals surface area (Å²) in [6, 6.07) is 17.4. The summed E-state index contributed by atoms with van der Waals surface area (Å²) in [7, 11) is 0. The summed E-state index contributed by atoms with van der Waals surface area (Å²) in [4.78, 5) is 27.2. The molecule has 0 atom stereocenters. The van der Waals surface area contributed by atoms with Crippen LogP contribution >= 0.6 is 11.8 Å². The normalized spacial score (nSPS) is 14.0. The van der Waals surface area contributed by atoms with Crippen molar-refractivity contribution in [3.8, 4) is 0 Å². The smallest absolute Gasteiger partial charge is 0.268 e. The van der Waals surface area contributed by atoms with Crippen LogP contribution in [-0.4, -0.2) is 11.8 Å². The average molecular weight is 425 g/mol. The lowest BCUT2D eigenvalue weighted by Crippen LogP contribution is -2.31. The third-order valence-corrected chi connectivity index (χ3v) is 5.71. The number of hydrogen-bond acceptors (Lipinski definition) is 3. The minimum Gasteiger partial charge on any atom is -0.268 e. The highest BCUT2D eigenvalue weighted by atomic mass is 32.2. The molecule has 3 aromatic rings. The molecule has 30 heavy (non-hydrogen) atoms. The Balaban J connectivity index is 1.75. The van der Waals surface area contributed by atoms with Crippen LogP contribution in [0.25, 0.3) is 5.57 Å². The third kappa shape index (κ3) is 3.76. The van der Waals surface area contributed by atoms with Gasteiger partial charge in [0, 0.05) is 11.8 Å². The van der Waals surface area contributed by atoms with Crippen LogP contribution in [-0.2, 0) is 15.3 Å². The van der Waals surface area contributed by atoms with Crippen LogP contribution in [0.4, 0.5) is 18.9 Å². The average Bonchev–Trinajstić information content (AvgIpc) is 2.99. The van der Waals surface area contributed by atoms with Crippen molar-refractivity contribution in [2.24, 2.45) is 0 Å². The van der Waals surface area contributed by atoms with E-state index in [0.29, 0.717) is 11.3 Å². The molecule has 3 aromatic carbocycles. The van der Waals surface area contributed by atoms with E-state index in [1.165, 1.54) is 42.1 Å². The maximum Gasteiger partial charge on any atom is 0.272 e. The summed E-state index contributed by atoms with van der Waals surface area (Å²) in [6.45, 7) is 0. The van der Waals surface area contributed by atoms with Gasteiger partial charge < -0.3 is 0 Å². The number of nitrogens with zero attached hydrogens (tertiary/aromatic N) is 1. The molecule has 0 unspecified atom stereocenters. The molecule has 1 heterocycles. The Kier molecular flexibility index (Phi) is 5.46. The molecule has 0 bridgehead atoms. The molecular weight excluding hydrogens is 411 g/mol. The fourth-order valence-electron chi connectivity index (χ4n) is 3.10. The molecule has 150 valence electrons. The molecule has 4 rings (SSSR count). The monoisotopic (exact) mass is 425 g/mol. The predicted octanol–water partition coefficient (Wildman–Crippen LogP) is 5.32. The molecule has 0 saturated heterocycles. The molecule has 3 nitrogen and oxygen atoms in total. The highest BCUT2D eigenvalue weighted by Crippen LogP contribution is 2.39. The van der Waals surface area contributed by atoms with Gasteiger partial charge in [0.15, 0.2) is 11.6 Å². The van der Waals surface area contributed by atoms with Gasteiger partial charge in [0.1, 0.15) is 5.82 Å². The molecule has 0 fully saturated rings. The molecule has 0 radical (unpaired) electrons. The topological polar surface area (TPSA) is 37.4 Å². The Morgan fingerprint density at radius 2 is 1.47 bits per heavy atom. The summed E-state index contributed by atoms with van der Waals surface area (Å²) in [6.07, 6.45) is 0. The van der Waals surface area contributed by atoms with E-state index in [-0.39, 0.29) is 16.2 Å². The van der Waals surface area contributed by atoms with Gasteiger partial charge in [-0.05, 0) is 35.4 Å². The number of amides is 2. The first-order chi connectivity index (χ1) is 14.5. The lowest BCUT2D eigenvalue weighted by Gasteiger charge is -2.15. The highest BCUT2D eigenvalue weighted by molar-refractivity contribution is 8.03. The van der Waals surface area contributed by atoms with E-state index >= 15 is 0 Å². The Morgan fingerprint density at radius 1 is 0.767 bits per heavy atom. The van der Waals surface area contributed by atoms with Crippen molar-refractivity contribution in [3.05, 3.63) is 106 Å². The van der Waals surface area contributed by atoms with Crippen LogP contribution in [0, 0.1) is 17.5 Å². The fraction of sp³-hybridized carbons (Fsp3) is 0.0435. The van der Waals surface area contributed by atoms with Gasteiger partial charge in [-0.2, -0.15) is 0 Å². The van der Waals surface area contributed by atoms with Gasteiger partial charge in [-0.1, -0.05) is 42.5 Å². The van der Waals surface area contributed by atoms with Crippen LogP contribution in [0.5, 0.6) is 0 Å². The Bertz CT molecular complexity index is 1160. The standard InChI is InChI=1S/C23H14F3NO2S/c24-16-8-6-15(7-9-16)20-21(30-13-14-4-2-1-3-5-14)23(29)27(22(20)28)17-10-11-18(25)19(26)12-17/h1-12H,13H2. The molecule has 7 heteroatoms. The van der Waals surface area contributed by atoms with Crippen molar-refractivity contribution >= 4 is 34.8 Å². The SMILES string of the molecule is O=C1C(SCc2ccccc2)=C(c2ccc(F)cc2)C(=O)N1c1ccc(F)c(F)c1. The maximum atomic E-state index is 13.7. The summed E-state index contributed by atoms with van der Waals surface area (Å²) < 4.78 is 40.4. The predicted molar refractivity (Wildman–Crippen MR) is 110 cm³/mol. The first-order valence-electron chi connectivity index (χ1n) is 8.96. The largest absolute Gasteiger partial charge is 0.272 e. The minimum absolute atomic E-state index is 0.0705.